The van der Waals surface area contributed by atoms with Gasteiger partial charge in [0.25, 0.3) is 5.91 Å². The molecule has 39 heavy (non-hydrogen) atoms. The lowest BCUT2D eigenvalue weighted by Crippen LogP contribution is -2.30. The van der Waals surface area contributed by atoms with Crippen LogP contribution in [0.25, 0.3) is 23.0 Å². The Labute approximate surface area is 228 Å². The zero-order valence-electron chi connectivity index (χ0n) is 21.8. The maximum absolute atomic E-state index is 13.2. The molecule has 0 aliphatic rings. The molecule has 1 amide bonds. The quantitative estimate of drug-likeness (QED) is 0.230. The third-order valence-corrected chi connectivity index (χ3v) is 8.22. The molecule has 0 atom stereocenters. The maximum Gasteiger partial charge on any atom is 0.262 e. The van der Waals surface area contributed by atoms with Crippen molar-refractivity contribution >= 4 is 22.0 Å². The minimum atomic E-state index is -3.70. The number of benzene rings is 3. The highest BCUT2D eigenvalue weighted by atomic mass is 32.2. The van der Waals surface area contributed by atoms with Crippen LogP contribution in [0.5, 0.6) is 0 Å². The number of sulfonamides is 1. The Balaban J connectivity index is 1.76. The van der Waals surface area contributed by atoms with Crippen molar-refractivity contribution in [1.29, 1.82) is 5.26 Å². The van der Waals surface area contributed by atoms with Crippen LogP contribution < -0.4 is 5.32 Å². The number of rotatable bonds is 10. The van der Waals surface area contributed by atoms with E-state index >= 15 is 0 Å². The molecule has 0 saturated carbocycles. The lowest BCUT2D eigenvalue weighted by molar-refractivity contribution is -0.117. The summed E-state index contributed by atoms with van der Waals surface area (Å²) in [6.45, 7) is 4.57. The molecule has 0 bridgehead atoms. The van der Waals surface area contributed by atoms with Gasteiger partial charge in [-0.1, -0.05) is 74.5 Å². The average Bonchev–Trinajstić information content (AvgIpc) is 3.40. The van der Waals surface area contributed by atoms with Crippen molar-refractivity contribution in [3.63, 3.8) is 0 Å². The summed E-state index contributed by atoms with van der Waals surface area (Å²) in [5.74, 6) is -0.516. The fraction of sp³-hybridized carbons (Fsp3) is 0.167. The predicted octanol–water partition coefficient (Wildman–Crippen LogP) is 4.79. The number of hydrogen-bond donors (Lipinski definition) is 1. The number of nitrogens with zero attached hydrogens (tertiary/aromatic N) is 4. The van der Waals surface area contributed by atoms with E-state index in [4.69, 9.17) is 5.10 Å². The van der Waals surface area contributed by atoms with Gasteiger partial charge < -0.3 is 5.32 Å². The average molecular weight is 540 g/mol. The lowest BCUT2D eigenvalue weighted by Gasteiger charge is -2.18. The van der Waals surface area contributed by atoms with E-state index in [0.29, 0.717) is 29.9 Å². The number of aromatic nitrogens is 2. The van der Waals surface area contributed by atoms with Gasteiger partial charge in [-0.2, -0.15) is 14.7 Å². The minimum absolute atomic E-state index is 0.0910. The van der Waals surface area contributed by atoms with Gasteiger partial charge in [-0.3, -0.25) is 4.79 Å². The molecule has 1 aromatic heterocycles. The highest BCUT2D eigenvalue weighted by Gasteiger charge is 2.23. The Morgan fingerprint density at radius 1 is 1.00 bits per heavy atom. The van der Waals surface area contributed by atoms with E-state index in [2.05, 4.69) is 5.32 Å². The Bertz CT molecular complexity index is 1620. The minimum Gasteiger partial charge on any atom is -0.347 e. The summed E-state index contributed by atoms with van der Waals surface area (Å²) in [4.78, 5) is 13.0. The Morgan fingerprint density at radius 3 is 2.31 bits per heavy atom. The van der Waals surface area contributed by atoms with Crippen molar-refractivity contribution in [2.24, 2.45) is 0 Å². The fourth-order valence-corrected chi connectivity index (χ4v) is 5.63. The second-order valence-electron chi connectivity index (χ2n) is 8.67. The number of nitriles is 1. The van der Waals surface area contributed by atoms with Gasteiger partial charge in [0.15, 0.2) is 0 Å². The number of amides is 1. The third kappa shape index (κ3) is 6.32. The largest absolute Gasteiger partial charge is 0.347 e. The SMILES string of the molecule is CCN(CC)S(=O)(=O)c1cccc(-c2nn(-c3ccccc3)cc2/C=C(/C#N)C(=O)NCc2ccccc2)c1. The van der Waals surface area contributed by atoms with Crippen LogP contribution in [-0.2, 0) is 21.4 Å². The standard InChI is InChI=1S/C30H29N5O3S/c1-3-34(4-2)39(37,38)28-17-11-14-24(19-28)29-26(22-35(33-29)27-15-9-6-10-16-27)18-25(20-31)30(36)32-21-23-12-7-5-8-13-23/h5-19,22H,3-4,21H2,1-2H3,(H,32,36)/b25-18-. The molecule has 4 rings (SSSR count). The van der Waals surface area contributed by atoms with E-state index in [-0.39, 0.29) is 17.0 Å². The van der Waals surface area contributed by atoms with Crippen molar-refractivity contribution in [2.45, 2.75) is 25.3 Å². The zero-order chi connectivity index (χ0) is 27.8. The van der Waals surface area contributed by atoms with Crippen molar-refractivity contribution in [2.75, 3.05) is 13.1 Å². The predicted molar refractivity (Wildman–Crippen MR) is 151 cm³/mol. The second kappa shape index (κ2) is 12.3. The van der Waals surface area contributed by atoms with Crippen LogP contribution in [0.3, 0.4) is 0 Å². The highest BCUT2D eigenvalue weighted by molar-refractivity contribution is 7.89. The highest BCUT2D eigenvalue weighted by Crippen LogP contribution is 2.28. The number of carbonyl (C=O) groups is 1. The van der Waals surface area contributed by atoms with Crippen LogP contribution >= 0.6 is 0 Å². The van der Waals surface area contributed by atoms with Gasteiger partial charge in [-0.25, -0.2) is 13.1 Å². The molecule has 0 spiro atoms. The summed E-state index contributed by atoms with van der Waals surface area (Å²) in [5, 5.41) is 17.3. The van der Waals surface area contributed by atoms with Crippen molar-refractivity contribution in [3.05, 3.63) is 108 Å². The Morgan fingerprint density at radius 2 is 1.67 bits per heavy atom. The van der Waals surface area contributed by atoms with Gasteiger partial charge in [-0.15, -0.1) is 0 Å². The summed E-state index contributed by atoms with van der Waals surface area (Å²) < 4.78 is 29.4. The van der Waals surface area contributed by atoms with Gasteiger partial charge in [-0.05, 0) is 35.9 Å². The number of carbonyl (C=O) groups excluding carboxylic acids is 1. The Kier molecular flexibility index (Phi) is 8.71. The topological polar surface area (TPSA) is 108 Å². The first kappa shape index (κ1) is 27.5. The first-order valence-corrected chi connectivity index (χ1v) is 14.0. The Hall–Kier alpha value is -4.52. The van der Waals surface area contributed by atoms with Gasteiger partial charge in [0.2, 0.25) is 10.0 Å². The molecule has 1 heterocycles. The number of para-hydroxylation sites is 1. The van der Waals surface area contributed by atoms with Crippen LogP contribution in [0.1, 0.15) is 25.0 Å². The van der Waals surface area contributed by atoms with Gasteiger partial charge in [0.05, 0.1) is 10.6 Å². The van der Waals surface area contributed by atoms with Crippen LogP contribution in [0.4, 0.5) is 0 Å². The van der Waals surface area contributed by atoms with Crippen molar-refractivity contribution in [1.82, 2.24) is 19.4 Å². The normalized spacial score (nSPS) is 11.8. The summed E-state index contributed by atoms with van der Waals surface area (Å²) in [6.07, 6.45) is 3.20. The number of hydrogen-bond acceptors (Lipinski definition) is 5. The van der Waals surface area contributed by atoms with Crippen LogP contribution in [-0.4, -0.2) is 41.5 Å². The zero-order valence-corrected chi connectivity index (χ0v) is 22.6. The molecule has 0 saturated heterocycles. The van der Waals surface area contributed by atoms with Gasteiger partial charge >= 0.3 is 0 Å². The monoisotopic (exact) mass is 539 g/mol. The van der Waals surface area contributed by atoms with E-state index in [9.17, 15) is 18.5 Å². The summed E-state index contributed by atoms with van der Waals surface area (Å²) in [7, 11) is -3.70. The number of nitrogens with one attached hydrogen (secondary N) is 1. The van der Waals surface area contributed by atoms with E-state index in [1.165, 1.54) is 10.4 Å². The molecule has 1 N–H and O–H groups in total. The second-order valence-corrected chi connectivity index (χ2v) is 10.6. The van der Waals surface area contributed by atoms with E-state index < -0.39 is 15.9 Å². The molecular weight excluding hydrogens is 510 g/mol. The summed E-state index contributed by atoms with van der Waals surface area (Å²) >= 11 is 0. The third-order valence-electron chi connectivity index (χ3n) is 6.17. The van der Waals surface area contributed by atoms with Gasteiger partial charge in [0.1, 0.15) is 17.3 Å². The maximum atomic E-state index is 13.2. The first-order chi connectivity index (χ1) is 18.9. The van der Waals surface area contributed by atoms with E-state index in [0.717, 1.165) is 11.3 Å². The van der Waals surface area contributed by atoms with Crippen LogP contribution in [0, 0.1) is 11.3 Å². The van der Waals surface area contributed by atoms with E-state index in [1.54, 1.807) is 49.0 Å². The molecule has 3 aromatic carbocycles. The molecule has 0 unspecified atom stereocenters. The van der Waals surface area contributed by atoms with Gasteiger partial charge in [0, 0.05) is 37.0 Å². The fourth-order valence-electron chi connectivity index (χ4n) is 4.12. The molecule has 0 aliphatic heterocycles. The summed E-state index contributed by atoms with van der Waals surface area (Å²) in [5.41, 5.74) is 3.09. The molecule has 9 heteroatoms. The molecule has 198 valence electrons. The van der Waals surface area contributed by atoms with Crippen LogP contribution in [0.15, 0.2) is 102 Å². The molecule has 0 fully saturated rings. The molecule has 0 aliphatic carbocycles. The first-order valence-electron chi connectivity index (χ1n) is 12.6. The molecule has 0 radical (unpaired) electrons. The summed E-state index contributed by atoms with van der Waals surface area (Å²) in [6, 6.07) is 27.4. The van der Waals surface area contributed by atoms with Crippen molar-refractivity contribution in [3.8, 4) is 23.0 Å². The molecular formula is C30H29N5O3S. The van der Waals surface area contributed by atoms with Crippen molar-refractivity contribution < 1.29 is 13.2 Å². The smallest absolute Gasteiger partial charge is 0.262 e. The van der Waals surface area contributed by atoms with Crippen LogP contribution in [0.2, 0.25) is 0 Å². The molecule has 8 nitrogen and oxygen atoms in total. The lowest BCUT2D eigenvalue weighted by atomic mass is 10.1. The molecule has 4 aromatic rings. The van der Waals surface area contributed by atoms with E-state index in [1.807, 2.05) is 66.7 Å².